The average Bonchev–Trinajstić information content (AvgIpc) is 3.09. The van der Waals surface area contributed by atoms with Crippen molar-refractivity contribution >= 4 is 38.7 Å². The van der Waals surface area contributed by atoms with Gasteiger partial charge in [0, 0.05) is 12.6 Å². The first-order valence-electron chi connectivity index (χ1n) is 9.10. The van der Waals surface area contributed by atoms with Gasteiger partial charge in [0.2, 0.25) is 0 Å². The zero-order valence-corrected chi connectivity index (χ0v) is 16.9. The molecule has 0 unspecified atom stereocenters. The zero-order valence-electron chi connectivity index (χ0n) is 16.1. The molecular formula is C22H25N3OS. The van der Waals surface area contributed by atoms with Gasteiger partial charge in [0.1, 0.15) is 0 Å². The standard InChI is InChI=1S/C22H25N3OS/c1-17-9-7-12-19-21(17)23-22(27-19)25(16-8-15-24(2)3)20(26)14-13-18-10-5-4-6-11-18/h4-7,9-14H,8,15-16H2,1-3H3/b14-13+. The number of hydrogen-bond acceptors (Lipinski definition) is 4. The molecule has 0 bridgehead atoms. The monoisotopic (exact) mass is 379 g/mol. The van der Waals surface area contributed by atoms with Crippen LogP contribution in [-0.2, 0) is 4.79 Å². The number of carbonyl (C=O) groups is 1. The molecule has 0 fully saturated rings. The van der Waals surface area contributed by atoms with Crippen molar-refractivity contribution in [1.82, 2.24) is 9.88 Å². The molecule has 27 heavy (non-hydrogen) atoms. The van der Waals surface area contributed by atoms with Crippen molar-refractivity contribution in [3.8, 4) is 0 Å². The normalized spacial score (nSPS) is 11.6. The Balaban J connectivity index is 1.86. The third kappa shape index (κ3) is 5.02. The molecule has 0 aliphatic heterocycles. The minimum Gasteiger partial charge on any atom is -0.309 e. The number of carbonyl (C=O) groups excluding carboxylic acids is 1. The Labute approximate surface area is 164 Å². The SMILES string of the molecule is Cc1cccc2sc(N(CCCN(C)C)C(=O)/C=C/c3ccccc3)nc12. The van der Waals surface area contributed by atoms with Crippen molar-refractivity contribution in [2.45, 2.75) is 13.3 Å². The summed E-state index contributed by atoms with van der Waals surface area (Å²) in [5.41, 5.74) is 3.13. The Morgan fingerprint density at radius 3 is 2.56 bits per heavy atom. The molecule has 4 nitrogen and oxygen atoms in total. The first-order chi connectivity index (χ1) is 13.0. The van der Waals surface area contributed by atoms with E-state index in [9.17, 15) is 4.79 Å². The van der Waals surface area contributed by atoms with Crippen LogP contribution in [-0.4, -0.2) is 43.0 Å². The Hall–Kier alpha value is -2.50. The molecule has 1 amide bonds. The van der Waals surface area contributed by atoms with Crippen LogP contribution in [0.4, 0.5) is 5.13 Å². The van der Waals surface area contributed by atoms with Crippen LogP contribution in [0.2, 0.25) is 0 Å². The lowest BCUT2D eigenvalue weighted by atomic mass is 10.2. The highest BCUT2D eigenvalue weighted by molar-refractivity contribution is 7.22. The summed E-state index contributed by atoms with van der Waals surface area (Å²) in [5, 5.41) is 0.765. The fraction of sp³-hybridized carbons (Fsp3) is 0.273. The van der Waals surface area contributed by atoms with Crippen molar-refractivity contribution < 1.29 is 4.79 Å². The molecule has 3 aromatic rings. The smallest absolute Gasteiger partial charge is 0.252 e. The predicted molar refractivity (Wildman–Crippen MR) is 115 cm³/mol. The highest BCUT2D eigenvalue weighted by Gasteiger charge is 2.18. The molecule has 0 aliphatic rings. The van der Waals surface area contributed by atoms with Gasteiger partial charge in [-0.2, -0.15) is 0 Å². The fourth-order valence-corrected chi connectivity index (χ4v) is 3.93. The highest BCUT2D eigenvalue weighted by Crippen LogP contribution is 2.31. The summed E-state index contributed by atoms with van der Waals surface area (Å²) in [5.74, 6) is -0.0330. The van der Waals surface area contributed by atoms with E-state index in [2.05, 4.69) is 24.0 Å². The first kappa shape index (κ1) is 19.3. The lowest BCUT2D eigenvalue weighted by Gasteiger charge is -2.19. The van der Waals surface area contributed by atoms with Crippen molar-refractivity contribution in [3.05, 3.63) is 65.7 Å². The summed E-state index contributed by atoms with van der Waals surface area (Å²) < 4.78 is 1.11. The minimum atomic E-state index is -0.0330. The summed E-state index contributed by atoms with van der Waals surface area (Å²) in [7, 11) is 4.09. The number of benzene rings is 2. The first-order valence-corrected chi connectivity index (χ1v) is 9.92. The molecule has 0 radical (unpaired) electrons. The largest absolute Gasteiger partial charge is 0.309 e. The molecule has 0 spiro atoms. The van der Waals surface area contributed by atoms with Gasteiger partial charge in [0.05, 0.1) is 10.2 Å². The Kier molecular flexibility index (Phi) is 6.37. The van der Waals surface area contributed by atoms with Crippen LogP contribution in [0.1, 0.15) is 17.5 Å². The van der Waals surface area contributed by atoms with Crippen molar-refractivity contribution in [2.24, 2.45) is 0 Å². The third-order valence-corrected chi connectivity index (χ3v) is 5.35. The topological polar surface area (TPSA) is 36.4 Å². The average molecular weight is 380 g/mol. The second kappa shape index (κ2) is 8.93. The van der Waals surface area contributed by atoms with Gasteiger partial charge < -0.3 is 4.90 Å². The van der Waals surface area contributed by atoms with E-state index in [1.807, 2.05) is 56.6 Å². The van der Waals surface area contributed by atoms with Crippen LogP contribution in [0.25, 0.3) is 16.3 Å². The molecule has 2 aromatic carbocycles. The number of para-hydroxylation sites is 1. The number of fused-ring (bicyclic) bond motifs is 1. The summed E-state index contributed by atoms with van der Waals surface area (Å²) >= 11 is 1.57. The van der Waals surface area contributed by atoms with E-state index in [1.54, 1.807) is 22.3 Å². The zero-order chi connectivity index (χ0) is 19.2. The number of nitrogens with zero attached hydrogens (tertiary/aromatic N) is 3. The number of aryl methyl sites for hydroxylation is 1. The van der Waals surface area contributed by atoms with Crippen LogP contribution in [0, 0.1) is 6.92 Å². The molecule has 0 N–H and O–H groups in total. The van der Waals surface area contributed by atoms with Gasteiger partial charge in [0.25, 0.3) is 5.91 Å². The van der Waals surface area contributed by atoms with E-state index >= 15 is 0 Å². The lowest BCUT2D eigenvalue weighted by Crippen LogP contribution is -2.32. The molecule has 1 heterocycles. The number of rotatable bonds is 7. The maximum absolute atomic E-state index is 12.9. The van der Waals surface area contributed by atoms with Gasteiger partial charge in [-0.05, 0) is 57.3 Å². The van der Waals surface area contributed by atoms with E-state index in [1.165, 1.54) is 0 Å². The number of hydrogen-bond donors (Lipinski definition) is 0. The molecule has 5 heteroatoms. The maximum Gasteiger partial charge on any atom is 0.252 e. The van der Waals surface area contributed by atoms with Crippen LogP contribution in [0.3, 0.4) is 0 Å². The van der Waals surface area contributed by atoms with E-state index in [4.69, 9.17) is 4.98 Å². The molecular weight excluding hydrogens is 354 g/mol. The van der Waals surface area contributed by atoms with Crippen LogP contribution in [0.5, 0.6) is 0 Å². The predicted octanol–water partition coefficient (Wildman–Crippen LogP) is 4.60. The molecule has 1 aromatic heterocycles. The maximum atomic E-state index is 12.9. The summed E-state index contributed by atoms with van der Waals surface area (Å²) in [6.45, 7) is 3.63. The van der Waals surface area contributed by atoms with E-state index in [-0.39, 0.29) is 5.91 Å². The summed E-state index contributed by atoms with van der Waals surface area (Å²) in [4.78, 5) is 21.6. The summed E-state index contributed by atoms with van der Waals surface area (Å²) in [6.07, 6.45) is 4.40. The van der Waals surface area contributed by atoms with Gasteiger partial charge in [-0.25, -0.2) is 4.98 Å². The van der Waals surface area contributed by atoms with Crippen molar-refractivity contribution in [1.29, 1.82) is 0 Å². The van der Waals surface area contributed by atoms with Crippen LogP contribution < -0.4 is 4.90 Å². The summed E-state index contributed by atoms with van der Waals surface area (Å²) in [6, 6.07) is 16.0. The quantitative estimate of drug-likeness (QED) is 0.563. The van der Waals surface area contributed by atoms with Gasteiger partial charge in [-0.3, -0.25) is 9.69 Å². The van der Waals surface area contributed by atoms with Gasteiger partial charge in [-0.15, -0.1) is 0 Å². The Morgan fingerprint density at radius 2 is 1.85 bits per heavy atom. The fourth-order valence-electron chi connectivity index (χ4n) is 2.86. The van der Waals surface area contributed by atoms with Crippen LogP contribution >= 0.6 is 11.3 Å². The number of amides is 1. The van der Waals surface area contributed by atoms with Gasteiger partial charge >= 0.3 is 0 Å². The van der Waals surface area contributed by atoms with Crippen molar-refractivity contribution in [2.75, 3.05) is 32.1 Å². The molecule has 0 saturated carbocycles. The lowest BCUT2D eigenvalue weighted by molar-refractivity contribution is -0.114. The van der Waals surface area contributed by atoms with E-state index in [0.717, 1.165) is 39.4 Å². The Bertz CT molecular complexity index is 931. The molecule has 0 atom stereocenters. The van der Waals surface area contributed by atoms with Crippen LogP contribution in [0.15, 0.2) is 54.6 Å². The van der Waals surface area contributed by atoms with E-state index in [0.29, 0.717) is 6.54 Å². The molecule has 3 rings (SSSR count). The van der Waals surface area contributed by atoms with Gasteiger partial charge in [0.15, 0.2) is 5.13 Å². The van der Waals surface area contributed by atoms with E-state index < -0.39 is 0 Å². The molecule has 0 aliphatic carbocycles. The number of thiazole rings is 1. The Morgan fingerprint density at radius 1 is 1.07 bits per heavy atom. The highest BCUT2D eigenvalue weighted by atomic mass is 32.1. The molecule has 140 valence electrons. The number of aromatic nitrogens is 1. The number of anilines is 1. The molecule has 0 saturated heterocycles. The second-order valence-corrected chi connectivity index (χ2v) is 7.82. The third-order valence-electron chi connectivity index (χ3n) is 4.31. The minimum absolute atomic E-state index is 0.0330. The second-order valence-electron chi connectivity index (χ2n) is 6.81. The van der Waals surface area contributed by atoms with Gasteiger partial charge in [-0.1, -0.05) is 53.8 Å². The van der Waals surface area contributed by atoms with Crippen molar-refractivity contribution in [3.63, 3.8) is 0 Å².